The minimum atomic E-state index is -0.154. The molecule has 0 aromatic heterocycles. The zero-order chi connectivity index (χ0) is 12.9. The van der Waals surface area contributed by atoms with Crippen LogP contribution in [0.1, 0.15) is 13.8 Å². The molecule has 1 aliphatic rings. The zero-order valence-electron chi connectivity index (χ0n) is 11.1. The van der Waals surface area contributed by atoms with Crippen molar-refractivity contribution in [3.8, 4) is 0 Å². The molecular weight excluding hydrogens is 220 g/mol. The maximum atomic E-state index is 11.9. The lowest BCUT2D eigenvalue weighted by atomic mass is 9.86. The Kier molecular flexibility index (Phi) is 5.36. The van der Waals surface area contributed by atoms with Gasteiger partial charge in [0.15, 0.2) is 0 Å². The van der Waals surface area contributed by atoms with Gasteiger partial charge in [0.1, 0.15) is 0 Å². The van der Waals surface area contributed by atoms with Crippen molar-refractivity contribution in [2.24, 2.45) is 5.41 Å². The molecule has 0 radical (unpaired) electrons. The van der Waals surface area contributed by atoms with Crippen LogP contribution in [-0.2, 0) is 9.53 Å². The predicted octanol–water partition coefficient (Wildman–Crippen LogP) is -0.204. The van der Waals surface area contributed by atoms with Crippen LogP contribution in [0.25, 0.3) is 0 Å². The van der Waals surface area contributed by atoms with Gasteiger partial charge in [-0.3, -0.25) is 9.69 Å². The van der Waals surface area contributed by atoms with Gasteiger partial charge in [-0.1, -0.05) is 0 Å². The molecule has 1 amide bonds. The van der Waals surface area contributed by atoms with Crippen molar-refractivity contribution < 1.29 is 14.6 Å². The lowest BCUT2D eigenvalue weighted by Gasteiger charge is -2.42. The van der Waals surface area contributed by atoms with Crippen LogP contribution in [0.5, 0.6) is 0 Å². The second-order valence-corrected chi connectivity index (χ2v) is 4.89. The van der Waals surface area contributed by atoms with Crippen LogP contribution in [0.4, 0.5) is 0 Å². The first-order valence-electron chi connectivity index (χ1n) is 6.22. The average molecular weight is 244 g/mol. The van der Waals surface area contributed by atoms with Gasteiger partial charge in [0.2, 0.25) is 5.91 Å². The Hall–Kier alpha value is -0.650. The Morgan fingerprint density at radius 1 is 1.35 bits per heavy atom. The molecule has 0 unspecified atom stereocenters. The number of likely N-dealkylation sites (N-methyl/N-ethyl adjacent to an activating group) is 2. The number of hydrogen-bond acceptors (Lipinski definition) is 4. The predicted molar refractivity (Wildman–Crippen MR) is 65.8 cm³/mol. The van der Waals surface area contributed by atoms with Gasteiger partial charge in [0, 0.05) is 19.6 Å². The standard InChI is InChI=1S/C12H24N2O3/c1-4-14(5-2)11(16)6-13(3)7-12(8-15)9-17-10-12/h15H,4-10H2,1-3H3. The van der Waals surface area contributed by atoms with Crippen molar-refractivity contribution in [3.05, 3.63) is 0 Å². The van der Waals surface area contributed by atoms with Crippen LogP contribution < -0.4 is 0 Å². The van der Waals surface area contributed by atoms with E-state index >= 15 is 0 Å². The fraction of sp³-hybridized carbons (Fsp3) is 0.917. The second-order valence-electron chi connectivity index (χ2n) is 4.89. The number of ether oxygens (including phenoxy) is 1. The maximum Gasteiger partial charge on any atom is 0.236 e. The molecule has 0 atom stereocenters. The van der Waals surface area contributed by atoms with E-state index in [1.807, 2.05) is 30.7 Å². The van der Waals surface area contributed by atoms with E-state index in [4.69, 9.17) is 4.74 Å². The van der Waals surface area contributed by atoms with Crippen LogP contribution in [0.3, 0.4) is 0 Å². The number of rotatable bonds is 7. The van der Waals surface area contributed by atoms with E-state index in [0.29, 0.717) is 26.3 Å². The Labute approximate surface area is 103 Å². The lowest BCUT2D eigenvalue weighted by Crippen LogP contribution is -2.53. The highest BCUT2D eigenvalue weighted by atomic mass is 16.5. The monoisotopic (exact) mass is 244 g/mol. The van der Waals surface area contributed by atoms with E-state index in [0.717, 1.165) is 13.1 Å². The maximum absolute atomic E-state index is 11.9. The molecule has 0 aromatic rings. The highest BCUT2D eigenvalue weighted by Crippen LogP contribution is 2.27. The summed E-state index contributed by atoms with van der Waals surface area (Å²) in [6, 6.07) is 0. The molecule has 5 nitrogen and oxygen atoms in total. The number of aliphatic hydroxyl groups is 1. The summed E-state index contributed by atoms with van der Waals surface area (Å²) in [6.45, 7) is 7.87. The zero-order valence-corrected chi connectivity index (χ0v) is 11.1. The molecule has 100 valence electrons. The first kappa shape index (κ1) is 14.4. The number of amides is 1. The summed E-state index contributed by atoms with van der Waals surface area (Å²) in [7, 11) is 1.91. The van der Waals surface area contributed by atoms with Gasteiger partial charge in [-0.2, -0.15) is 0 Å². The third-order valence-electron chi connectivity index (χ3n) is 3.28. The van der Waals surface area contributed by atoms with Crippen LogP contribution in [-0.4, -0.2) is 73.9 Å². The second kappa shape index (κ2) is 6.33. The Balaban J connectivity index is 2.38. The van der Waals surface area contributed by atoms with Crippen LogP contribution in [0.15, 0.2) is 0 Å². The quantitative estimate of drug-likeness (QED) is 0.673. The lowest BCUT2D eigenvalue weighted by molar-refractivity contribution is -0.150. The Morgan fingerprint density at radius 2 is 1.94 bits per heavy atom. The third-order valence-corrected chi connectivity index (χ3v) is 3.28. The van der Waals surface area contributed by atoms with E-state index in [9.17, 15) is 9.90 Å². The molecule has 1 saturated heterocycles. The van der Waals surface area contributed by atoms with Gasteiger partial charge in [0.05, 0.1) is 31.8 Å². The molecule has 17 heavy (non-hydrogen) atoms. The van der Waals surface area contributed by atoms with Crippen molar-refractivity contribution >= 4 is 5.91 Å². The fourth-order valence-electron chi connectivity index (χ4n) is 2.16. The van der Waals surface area contributed by atoms with Gasteiger partial charge in [-0.15, -0.1) is 0 Å². The highest BCUT2D eigenvalue weighted by Gasteiger charge is 2.39. The van der Waals surface area contributed by atoms with E-state index < -0.39 is 0 Å². The Bertz CT molecular complexity index is 245. The molecule has 0 aliphatic carbocycles. The molecule has 1 rings (SSSR count). The fourth-order valence-corrected chi connectivity index (χ4v) is 2.16. The Morgan fingerprint density at radius 3 is 2.29 bits per heavy atom. The summed E-state index contributed by atoms with van der Waals surface area (Å²) in [5, 5.41) is 9.32. The van der Waals surface area contributed by atoms with Gasteiger partial charge in [-0.05, 0) is 20.9 Å². The van der Waals surface area contributed by atoms with Gasteiger partial charge in [0.25, 0.3) is 0 Å². The van der Waals surface area contributed by atoms with E-state index in [1.165, 1.54) is 0 Å². The SMILES string of the molecule is CCN(CC)C(=O)CN(C)CC1(CO)COC1. The summed E-state index contributed by atoms with van der Waals surface area (Å²) in [6.07, 6.45) is 0. The van der Waals surface area contributed by atoms with Crippen LogP contribution in [0, 0.1) is 5.41 Å². The van der Waals surface area contributed by atoms with Crippen LogP contribution in [0.2, 0.25) is 0 Å². The van der Waals surface area contributed by atoms with Crippen molar-refractivity contribution in [3.63, 3.8) is 0 Å². The molecule has 5 heteroatoms. The van der Waals surface area contributed by atoms with E-state index in [-0.39, 0.29) is 17.9 Å². The summed E-state index contributed by atoms with van der Waals surface area (Å²) < 4.78 is 5.14. The van der Waals surface area contributed by atoms with Gasteiger partial charge >= 0.3 is 0 Å². The van der Waals surface area contributed by atoms with Crippen molar-refractivity contribution in [2.45, 2.75) is 13.8 Å². The van der Waals surface area contributed by atoms with Crippen molar-refractivity contribution in [1.29, 1.82) is 0 Å². The molecule has 0 spiro atoms. The number of hydrogen-bond donors (Lipinski definition) is 1. The molecule has 1 aliphatic heterocycles. The first-order chi connectivity index (χ1) is 8.06. The van der Waals surface area contributed by atoms with E-state index in [1.54, 1.807) is 0 Å². The van der Waals surface area contributed by atoms with Gasteiger partial charge in [-0.25, -0.2) is 0 Å². The molecule has 0 saturated carbocycles. The summed E-state index contributed by atoms with van der Waals surface area (Å²) >= 11 is 0. The summed E-state index contributed by atoms with van der Waals surface area (Å²) in [5.74, 6) is 0.144. The number of carbonyl (C=O) groups excluding carboxylic acids is 1. The molecule has 0 aromatic carbocycles. The number of nitrogens with zero attached hydrogens (tertiary/aromatic N) is 2. The van der Waals surface area contributed by atoms with Crippen molar-refractivity contribution in [1.82, 2.24) is 9.80 Å². The highest BCUT2D eigenvalue weighted by molar-refractivity contribution is 5.78. The molecule has 1 fully saturated rings. The number of aliphatic hydroxyl groups excluding tert-OH is 1. The molecule has 0 bridgehead atoms. The third kappa shape index (κ3) is 3.66. The van der Waals surface area contributed by atoms with Crippen LogP contribution >= 0.6 is 0 Å². The summed E-state index contributed by atoms with van der Waals surface area (Å²) in [5.41, 5.74) is -0.154. The molecule has 1 N–H and O–H groups in total. The topological polar surface area (TPSA) is 53.0 Å². The largest absolute Gasteiger partial charge is 0.396 e. The molecular formula is C12H24N2O3. The minimum Gasteiger partial charge on any atom is -0.396 e. The first-order valence-corrected chi connectivity index (χ1v) is 6.22. The van der Waals surface area contributed by atoms with Crippen molar-refractivity contribution in [2.75, 3.05) is 53.0 Å². The average Bonchev–Trinajstić information content (AvgIpc) is 2.25. The van der Waals surface area contributed by atoms with E-state index in [2.05, 4.69) is 0 Å². The smallest absolute Gasteiger partial charge is 0.236 e. The molecule has 1 heterocycles. The summed E-state index contributed by atoms with van der Waals surface area (Å²) in [4.78, 5) is 15.7. The van der Waals surface area contributed by atoms with Gasteiger partial charge < -0.3 is 14.7 Å². The minimum absolute atomic E-state index is 0.122. The normalized spacial score (nSPS) is 17.9. The number of carbonyl (C=O) groups is 1.